The highest BCUT2D eigenvalue weighted by molar-refractivity contribution is 6.02. The Hall–Kier alpha value is -3.49. The molecule has 0 spiro atoms. The molecule has 1 aromatic heterocycles. The number of β-lactam (4-membered cyclic amide) rings is 1. The maximum atomic E-state index is 12.6. The van der Waals surface area contributed by atoms with Crippen molar-refractivity contribution in [3.8, 4) is 0 Å². The van der Waals surface area contributed by atoms with Gasteiger partial charge < -0.3 is 25.4 Å². The maximum absolute atomic E-state index is 12.6. The van der Waals surface area contributed by atoms with Crippen molar-refractivity contribution in [1.82, 2.24) is 9.80 Å². The topological polar surface area (TPSA) is 128 Å². The first-order valence-corrected chi connectivity index (χ1v) is 9.29. The first-order chi connectivity index (χ1) is 13.8. The number of amides is 3. The van der Waals surface area contributed by atoms with Gasteiger partial charge in [0.2, 0.25) is 18.1 Å². The van der Waals surface area contributed by atoms with Crippen LogP contribution in [0.4, 0.5) is 0 Å². The first kappa shape index (κ1) is 18.9. The van der Waals surface area contributed by atoms with E-state index < -0.39 is 17.9 Å². The minimum atomic E-state index is -1.42. The Labute approximate surface area is 166 Å². The van der Waals surface area contributed by atoms with Crippen LogP contribution in [-0.2, 0) is 25.7 Å². The zero-order valence-corrected chi connectivity index (χ0v) is 15.8. The van der Waals surface area contributed by atoms with Gasteiger partial charge in [0.25, 0.3) is 11.8 Å². The number of rotatable bonds is 5. The number of carboxylic acid groups (broad SMARTS) is 1. The van der Waals surface area contributed by atoms with E-state index in [1.54, 1.807) is 41.1 Å². The average Bonchev–Trinajstić information content (AvgIpc) is 3.02. The van der Waals surface area contributed by atoms with Crippen LogP contribution < -0.4 is 15.4 Å². The van der Waals surface area contributed by atoms with Crippen molar-refractivity contribution in [3.63, 3.8) is 0 Å². The van der Waals surface area contributed by atoms with E-state index >= 15 is 0 Å². The van der Waals surface area contributed by atoms with E-state index in [1.807, 2.05) is 0 Å². The SMILES string of the molecule is CC(=O)N1CC2CC(/C=C/c3cccc[n+]3CC(N)=O)=C(C(=O)[O-])N3C(=O)C1[C@@H]23. The molecule has 0 aromatic carbocycles. The molecule has 3 atom stereocenters. The summed E-state index contributed by atoms with van der Waals surface area (Å²) in [6.07, 6.45) is 5.42. The standard InChI is InChI=1S/C20H20N4O5/c1-11(25)23-9-13-8-12(17(20(28)29)24-16(13)18(23)19(24)27)5-6-14-4-2-3-7-22(14)10-15(21)26/h2-7,13,16,18H,8-10H2,1H3,(H2-,21,26,28,29)/t13?,16-,18?/m1/s1. The fraction of sp³-hybridized carbons (Fsp3) is 0.350. The number of pyridine rings is 1. The number of likely N-dealkylation sites (tertiary alicyclic amines) is 1. The van der Waals surface area contributed by atoms with E-state index in [0.29, 0.717) is 24.2 Å². The van der Waals surface area contributed by atoms with Gasteiger partial charge in [-0.1, -0.05) is 6.08 Å². The smallest absolute Gasteiger partial charge is 0.283 e. The number of carboxylic acids is 1. The van der Waals surface area contributed by atoms with Gasteiger partial charge in [-0.2, -0.15) is 4.57 Å². The number of nitrogens with zero attached hydrogens (tertiary/aromatic N) is 3. The highest BCUT2D eigenvalue weighted by atomic mass is 16.4. The van der Waals surface area contributed by atoms with Gasteiger partial charge in [-0.05, 0) is 18.1 Å². The molecule has 0 saturated carbocycles. The number of carbonyl (C=O) groups is 4. The monoisotopic (exact) mass is 396 g/mol. The van der Waals surface area contributed by atoms with Crippen LogP contribution in [-0.4, -0.2) is 52.1 Å². The van der Waals surface area contributed by atoms with Gasteiger partial charge in [-0.3, -0.25) is 14.4 Å². The molecular weight excluding hydrogens is 376 g/mol. The summed E-state index contributed by atoms with van der Waals surface area (Å²) in [5.74, 6) is -2.53. The Kier molecular flexibility index (Phi) is 4.45. The molecule has 2 fully saturated rings. The van der Waals surface area contributed by atoms with Crippen molar-refractivity contribution in [1.29, 1.82) is 0 Å². The maximum Gasteiger partial charge on any atom is 0.283 e. The molecule has 9 nitrogen and oxygen atoms in total. The van der Waals surface area contributed by atoms with Gasteiger partial charge in [0.1, 0.15) is 6.04 Å². The van der Waals surface area contributed by atoms with Crippen molar-refractivity contribution in [2.75, 3.05) is 6.54 Å². The third-order valence-electron chi connectivity index (χ3n) is 5.74. The number of hydrogen-bond donors (Lipinski definition) is 1. The number of aromatic nitrogens is 1. The third kappa shape index (κ3) is 2.98. The van der Waals surface area contributed by atoms with Crippen LogP contribution in [0.25, 0.3) is 6.08 Å². The van der Waals surface area contributed by atoms with E-state index in [0.717, 1.165) is 0 Å². The highest BCUT2D eigenvalue weighted by Gasteiger charge is 2.62. The van der Waals surface area contributed by atoms with Crippen molar-refractivity contribution in [2.24, 2.45) is 11.7 Å². The Balaban J connectivity index is 1.69. The normalized spacial score (nSPS) is 25.3. The third-order valence-corrected chi connectivity index (χ3v) is 5.74. The van der Waals surface area contributed by atoms with Gasteiger partial charge in [-0.15, -0.1) is 0 Å². The van der Waals surface area contributed by atoms with E-state index in [1.165, 1.54) is 16.7 Å². The highest BCUT2D eigenvalue weighted by Crippen LogP contribution is 2.47. The van der Waals surface area contributed by atoms with Crippen LogP contribution >= 0.6 is 0 Å². The molecule has 0 bridgehead atoms. The molecular formula is C20H20N4O5. The molecule has 4 rings (SSSR count). The summed E-state index contributed by atoms with van der Waals surface area (Å²) in [6.45, 7) is 1.81. The summed E-state index contributed by atoms with van der Waals surface area (Å²) in [6, 6.07) is 4.41. The van der Waals surface area contributed by atoms with E-state index in [9.17, 15) is 24.3 Å². The molecule has 4 heterocycles. The van der Waals surface area contributed by atoms with Crippen molar-refractivity contribution in [2.45, 2.75) is 32.0 Å². The molecule has 2 N–H and O–H groups in total. The number of primary amides is 1. The molecule has 0 radical (unpaired) electrons. The molecule has 3 aliphatic rings. The van der Waals surface area contributed by atoms with E-state index in [4.69, 9.17) is 5.73 Å². The fourth-order valence-electron chi connectivity index (χ4n) is 4.57. The van der Waals surface area contributed by atoms with Gasteiger partial charge >= 0.3 is 0 Å². The number of hydrogen-bond acceptors (Lipinski definition) is 5. The van der Waals surface area contributed by atoms with Gasteiger partial charge in [0.05, 0.1) is 17.7 Å². The molecule has 9 heteroatoms. The fourth-order valence-corrected chi connectivity index (χ4v) is 4.57. The lowest BCUT2D eigenvalue weighted by molar-refractivity contribution is -0.686. The summed E-state index contributed by atoms with van der Waals surface area (Å²) in [4.78, 5) is 50.3. The lowest BCUT2D eigenvalue weighted by Gasteiger charge is -2.50. The zero-order valence-electron chi connectivity index (χ0n) is 15.8. The predicted octanol–water partition coefficient (Wildman–Crippen LogP) is -2.06. The van der Waals surface area contributed by atoms with Gasteiger partial charge in [-0.25, -0.2) is 0 Å². The minimum absolute atomic E-state index is 0.0164. The molecule has 2 unspecified atom stereocenters. The summed E-state index contributed by atoms with van der Waals surface area (Å²) in [7, 11) is 0. The molecule has 3 amide bonds. The number of aliphatic carboxylic acids is 1. The lowest BCUT2D eigenvalue weighted by atomic mass is 9.79. The van der Waals surface area contributed by atoms with Gasteiger partial charge in [0, 0.05) is 37.6 Å². The summed E-state index contributed by atoms with van der Waals surface area (Å²) >= 11 is 0. The second-order valence-electron chi connectivity index (χ2n) is 7.49. The summed E-state index contributed by atoms with van der Waals surface area (Å²) in [5.41, 5.74) is 6.24. The second kappa shape index (κ2) is 6.84. The number of carbonyl (C=O) groups excluding carboxylic acids is 4. The van der Waals surface area contributed by atoms with Crippen LogP contribution in [0.3, 0.4) is 0 Å². The Bertz CT molecular complexity index is 998. The minimum Gasteiger partial charge on any atom is -0.543 e. The second-order valence-corrected chi connectivity index (χ2v) is 7.49. The molecule has 2 saturated heterocycles. The summed E-state index contributed by atoms with van der Waals surface area (Å²) < 4.78 is 1.64. The largest absolute Gasteiger partial charge is 0.543 e. The van der Waals surface area contributed by atoms with Crippen molar-refractivity contribution >= 4 is 29.8 Å². The Morgan fingerprint density at radius 3 is 2.72 bits per heavy atom. The van der Waals surface area contributed by atoms with Crippen molar-refractivity contribution < 1.29 is 28.9 Å². The van der Waals surface area contributed by atoms with Crippen LogP contribution in [0, 0.1) is 5.92 Å². The van der Waals surface area contributed by atoms with Crippen LogP contribution in [0.5, 0.6) is 0 Å². The molecule has 1 aromatic rings. The lowest BCUT2D eigenvalue weighted by Crippen LogP contribution is -2.69. The van der Waals surface area contributed by atoms with Gasteiger partial charge in [0.15, 0.2) is 6.20 Å². The van der Waals surface area contributed by atoms with E-state index in [-0.39, 0.29) is 36.0 Å². The summed E-state index contributed by atoms with van der Waals surface area (Å²) in [5, 5.41) is 11.8. The van der Waals surface area contributed by atoms with Crippen molar-refractivity contribution in [3.05, 3.63) is 47.4 Å². The Morgan fingerprint density at radius 1 is 1.31 bits per heavy atom. The zero-order chi connectivity index (χ0) is 20.9. The van der Waals surface area contributed by atoms with E-state index in [2.05, 4.69) is 0 Å². The van der Waals surface area contributed by atoms with Crippen LogP contribution in [0.2, 0.25) is 0 Å². The quantitative estimate of drug-likeness (QED) is 0.452. The van der Waals surface area contributed by atoms with Crippen LogP contribution in [0.15, 0.2) is 41.7 Å². The predicted molar refractivity (Wildman–Crippen MR) is 96.8 cm³/mol. The molecule has 3 aliphatic heterocycles. The van der Waals surface area contributed by atoms with Crippen LogP contribution in [0.1, 0.15) is 19.0 Å². The average molecular weight is 396 g/mol. The first-order valence-electron chi connectivity index (χ1n) is 9.29. The molecule has 0 aliphatic carbocycles. The molecule has 29 heavy (non-hydrogen) atoms. The number of allylic oxidation sites excluding steroid dienone is 2. The molecule has 150 valence electrons. The Morgan fingerprint density at radius 2 is 2.07 bits per heavy atom. The number of nitrogens with two attached hydrogens (primary N) is 1.